The van der Waals surface area contributed by atoms with Crippen LogP contribution in [0.5, 0.6) is 17.2 Å². The van der Waals surface area contributed by atoms with Crippen LogP contribution < -0.4 is 19.5 Å². The molecule has 0 bridgehead atoms. The predicted molar refractivity (Wildman–Crippen MR) is 113 cm³/mol. The van der Waals surface area contributed by atoms with Crippen molar-refractivity contribution in [2.45, 2.75) is 32.6 Å². The lowest BCUT2D eigenvalue weighted by Gasteiger charge is -2.39. The predicted octanol–water partition coefficient (Wildman–Crippen LogP) is 4.08. The van der Waals surface area contributed by atoms with Crippen LogP contribution >= 0.6 is 0 Å². The number of hydrogen-bond donors (Lipinski definition) is 2. The average Bonchev–Trinajstić information content (AvgIpc) is 3.16. The molecule has 2 aromatic carbocycles. The minimum absolute atomic E-state index is 0.0834. The number of carbonyl (C=O) groups is 2. The number of carboxylic acids is 1. The van der Waals surface area contributed by atoms with E-state index < -0.39 is 18.5 Å². The lowest BCUT2D eigenvalue weighted by molar-refractivity contribution is -0.139. The molecule has 0 saturated heterocycles. The normalized spacial score (nSPS) is 20.6. The number of nitrogens with one attached hydrogen (secondary N) is 1. The summed E-state index contributed by atoms with van der Waals surface area (Å²) in [6, 6.07) is 11.1. The maximum atomic E-state index is 13.4. The molecule has 0 aromatic heterocycles. The van der Waals surface area contributed by atoms with E-state index in [1.807, 2.05) is 24.3 Å². The number of hydrogen-bond acceptors (Lipinski definition) is 6. The van der Waals surface area contributed by atoms with Gasteiger partial charge < -0.3 is 24.6 Å². The number of anilines is 1. The molecule has 7 heteroatoms. The minimum atomic E-state index is -1.06. The first kappa shape index (κ1) is 19.5. The van der Waals surface area contributed by atoms with Gasteiger partial charge in [-0.2, -0.15) is 0 Å². The third kappa shape index (κ3) is 3.40. The van der Waals surface area contributed by atoms with Crippen molar-refractivity contribution in [3.8, 4) is 17.2 Å². The van der Waals surface area contributed by atoms with E-state index in [1.54, 1.807) is 12.1 Å². The second kappa shape index (κ2) is 7.04. The fourth-order valence-electron chi connectivity index (χ4n) is 4.72. The third-order valence-corrected chi connectivity index (χ3v) is 5.93. The summed E-state index contributed by atoms with van der Waals surface area (Å²) in [6.07, 6.45) is 1.18. The number of Topliss-reactive ketones (excluding diaryl/α,β-unsaturated/α-hetero) is 1. The largest absolute Gasteiger partial charge is 0.482 e. The third-order valence-electron chi connectivity index (χ3n) is 5.93. The summed E-state index contributed by atoms with van der Waals surface area (Å²) < 4.78 is 16.8. The Morgan fingerprint density at radius 1 is 1.16 bits per heavy atom. The maximum Gasteiger partial charge on any atom is 0.341 e. The Hall–Kier alpha value is -3.48. The smallest absolute Gasteiger partial charge is 0.341 e. The number of ketones is 1. The zero-order chi connectivity index (χ0) is 21.8. The molecule has 1 aliphatic carbocycles. The van der Waals surface area contributed by atoms with E-state index in [0.717, 1.165) is 28.9 Å². The van der Waals surface area contributed by atoms with Gasteiger partial charge in [0.15, 0.2) is 23.9 Å². The number of carbonyl (C=O) groups excluding carboxylic acids is 1. The molecule has 2 heterocycles. The summed E-state index contributed by atoms with van der Waals surface area (Å²) in [7, 11) is 0. The van der Waals surface area contributed by atoms with E-state index in [-0.39, 0.29) is 18.0 Å². The van der Waals surface area contributed by atoms with Crippen LogP contribution in [0.1, 0.15) is 43.7 Å². The van der Waals surface area contributed by atoms with Crippen LogP contribution in [0.2, 0.25) is 0 Å². The molecule has 0 fully saturated rings. The average molecular weight is 421 g/mol. The fourth-order valence-corrected chi connectivity index (χ4v) is 4.72. The van der Waals surface area contributed by atoms with Crippen molar-refractivity contribution >= 4 is 17.4 Å². The summed E-state index contributed by atoms with van der Waals surface area (Å²) in [6.45, 7) is 3.87. The van der Waals surface area contributed by atoms with Gasteiger partial charge in [0, 0.05) is 40.9 Å². The van der Waals surface area contributed by atoms with Crippen molar-refractivity contribution in [2.75, 3.05) is 18.7 Å². The summed E-state index contributed by atoms with van der Waals surface area (Å²) in [5.74, 6) is 0.367. The zero-order valence-electron chi connectivity index (χ0n) is 17.4. The number of benzene rings is 2. The van der Waals surface area contributed by atoms with Crippen LogP contribution in [0, 0.1) is 5.41 Å². The number of ether oxygens (including phenoxy) is 3. The minimum Gasteiger partial charge on any atom is -0.482 e. The molecule has 7 nitrogen and oxygen atoms in total. The van der Waals surface area contributed by atoms with Crippen LogP contribution in [0.15, 0.2) is 47.7 Å². The lowest BCUT2D eigenvalue weighted by atomic mass is 9.68. The molecule has 31 heavy (non-hydrogen) atoms. The Morgan fingerprint density at radius 3 is 2.68 bits per heavy atom. The SMILES string of the molecule is CC1(C)CC(=O)C2=C(C1)Nc1cc3c(cc1C2c1ccccc1OCC(=O)O)OCO3. The highest BCUT2D eigenvalue weighted by atomic mass is 16.7. The van der Waals surface area contributed by atoms with Crippen molar-refractivity contribution in [1.29, 1.82) is 0 Å². The van der Waals surface area contributed by atoms with E-state index in [0.29, 0.717) is 29.2 Å². The van der Waals surface area contributed by atoms with Crippen LogP contribution in [-0.4, -0.2) is 30.3 Å². The summed E-state index contributed by atoms with van der Waals surface area (Å²) >= 11 is 0. The van der Waals surface area contributed by atoms with Crippen molar-refractivity contribution in [2.24, 2.45) is 5.41 Å². The molecule has 0 radical (unpaired) electrons. The molecule has 0 amide bonds. The molecule has 2 N–H and O–H groups in total. The summed E-state index contributed by atoms with van der Waals surface area (Å²) in [5.41, 5.74) is 3.93. The molecule has 1 unspecified atom stereocenters. The second-order valence-electron chi connectivity index (χ2n) is 8.90. The Bertz CT molecular complexity index is 1130. The van der Waals surface area contributed by atoms with E-state index >= 15 is 0 Å². The van der Waals surface area contributed by atoms with Gasteiger partial charge in [0.25, 0.3) is 0 Å². The molecule has 1 atom stereocenters. The van der Waals surface area contributed by atoms with Gasteiger partial charge in [0.05, 0.1) is 0 Å². The number of aliphatic carboxylic acids is 1. The van der Waals surface area contributed by atoms with Gasteiger partial charge >= 0.3 is 5.97 Å². The van der Waals surface area contributed by atoms with E-state index in [4.69, 9.17) is 19.3 Å². The topological polar surface area (TPSA) is 94.1 Å². The molecule has 3 aliphatic rings. The first-order valence-corrected chi connectivity index (χ1v) is 10.2. The number of allylic oxidation sites excluding steroid dienone is 2. The number of rotatable bonds is 4. The molecule has 2 aliphatic heterocycles. The second-order valence-corrected chi connectivity index (χ2v) is 8.90. The van der Waals surface area contributed by atoms with Gasteiger partial charge in [-0.25, -0.2) is 4.79 Å². The Balaban J connectivity index is 1.70. The molecule has 0 saturated carbocycles. The van der Waals surface area contributed by atoms with Gasteiger partial charge in [-0.1, -0.05) is 32.0 Å². The number of para-hydroxylation sites is 1. The monoisotopic (exact) mass is 421 g/mol. The summed E-state index contributed by atoms with van der Waals surface area (Å²) in [5, 5.41) is 12.6. The van der Waals surface area contributed by atoms with Crippen molar-refractivity contribution < 1.29 is 28.9 Å². The highest BCUT2D eigenvalue weighted by molar-refractivity contribution is 6.02. The van der Waals surface area contributed by atoms with Gasteiger partial charge in [-0.15, -0.1) is 0 Å². The quantitative estimate of drug-likeness (QED) is 0.768. The summed E-state index contributed by atoms with van der Waals surface area (Å²) in [4.78, 5) is 24.5. The molecule has 2 aromatic rings. The standard InChI is InChI=1S/C24H23NO6/c1-24(2)9-16-23(17(26)10-24)22(13-5-3-4-6-18(13)29-11-21(27)28)14-7-19-20(31-12-30-19)8-15(14)25-16/h3-8,22,25H,9-12H2,1-2H3,(H,27,28). The van der Waals surface area contributed by atoms with Gasteiger partial charge in [0.1, 0.15) is 5.75 Å². The molecule has 5 rings (SSSR count). The maximum absolute atomic E-state index is 13.4. The number of fused-ring (bicyclic) bond motifs is 2. The zero-order valence-corrected chi connectivity index (χ0v) is 17.4. The molecule has 0 spiro atoms. The van der Waals surface area contributed by atoms with Crippen molar-refractivity contribution in [3.63, 3.8) is 0 Å². The van der Waals surface area contributed by atoms with E-state index in [9.17, 15) is 9.59 Å². The van der Waals surface area contributed by atoms with Crippen LogP contribution in [0.25, 0.3) is 0 Å². The van der Waals surface area contributed by atoms with Gasteiger partial charge in [0.2, 0.25) is 6.79 Å². The van der Waals surface area contributed by atoms with Gasteiger partial charge in [-0.3, -0.25) is 4.79 Å². The first-order valence-electron chi connectivity index (χ1n) is 10.2. The van der Waals surface area contributed by atoms with Crippen LogP contribution in [0.4, 0.5) is 5.69 Å². The van der Waals surface area contributed by atoms with Crippen LogP contribution in [-0.2, 0) is 9.59 Å². The highest BCUT2D eigenvalue weighted by Gasteiger charge is 2.42. The molecule has 160 valence electrons. The van der Waals surface area contributed by atoms with E-state index in [1.165, 1.54) is 0 Å². The van der Waals surface area contributed by atoms with Crippen LogP contribution in [0.3, 0.4) is 0 Å². The Kier molecular flexibility index (Phi) is 4.43. The Morgan fingerprint density at radius 2 is 1.90 bits per heavy atom. The molecular weight excluding hydrogens is 398 g/mol. The highest BCUT2D eigenvalue weighted by Crippen LogP contribution is 2.53. The van der Waals surface area contributed by atoms with Crippen molar-refractivity contribution in [3.05, 3.63) is 58.8 Å². The Labute approximate surface area is 179 Å². The van der Waals surface area contributed by atoms with E-state index in [2.05, 4.69) is 19.2 Å². The molecular formula is C24H23NO6. The lowest BCUT2D eigenvalue weighted by Crippen LogP contribution is -2.34. The fraction of sp³-hybridized carbons (Fsp3) is 0.333. The van der Waals surface area contributed by atoms with Crippen molar-refractivity contribution in [1.82, 2.24) is 0 Å². The number of carboxylic acid groups (broad SMARTS) is 1. The van der Waals surface area contributed by atoms with Gasteiger partial charge in [-0.05, 0) is 29.5 Å². The first-order chi connectivity index (χ1) is 14.8.